The summed E-state index contributed by atoms with van der Waals surface area (Å²) < 4.78 is 17.0. The van der Waals surface area contributed by atoms with Crippen LogP contribution >= 0.6 is 11.6 Å². The molecule has 1 aliphatic heterocycles. The highest BCUT2D eigenvalue weighted by Crippen LogP contribution is 2.43. The molecule has 1 heterocycles. The highest BCUT2D eigenvalue weighted by molar-refractivity contribution is 6.30. The van der Waals surface area contributed by atoms with Crippen LogP contribution in [-0.4, -0.2) is 53.9 Å². The van der Waals surface area contributed by atoms with Crippen molar-refractivity contribution < 1.29 is 29.2 Å². The van der Waals surface area contributed by atoms with Crippen molar-refractivity contribution in [2.24, 2.45) is 5.92 Å². The molecule has 2 aromatic rings. The Morgan fingerprint density at radius 2 is 1.89 bits per heavy atom. The zero-order valence-electron chi connectivity index (χ0n) is 20.0. The van der Waals surface area contributed by atoms with Crippen LogP contribution in [0.2, 0.25) is 5.02 Å². The molecule has 2 atom stereocenters. The lowest BCUT2D eigenvalue weighted by Crippen LogP contribution is -2.55. The van der Waals surface area contributed by atoms with E-state index in [2.05, 4.69) is 12.2 Å². The molecular formula is C27H34ClNO6. The zero-order chi connectivity index (χ0) is 24.8. The van der Waals surface area contributed by atoms with Crippen molar-refractivity contribution in [3.63, 3.8) is 0 Å². The van der Waals surface area contributed by atoms with E-state index in [9.17, 15) is 9.90 Å². The van der Waals surface area contributed by atoms with Gasteiger partial charge in [0.05, 0.1) is 18.8 Å². The minimum atomic E-state index is -0.826. The van der Waals surface area contributed by atoms with Crippen LogP contribution in [0.3, 0.4) is 0 Å². The fraction of sp³-hybridized carbons (Fsp3) is 0.519. The molecule has 1 amide bonds. The second-order valence-electron chi connectivity index (χ2n) is 9.37. The van der Waals surface area contributed by atoms with Gasteiger partial charge in [0.1, 0.15) is 12.7 Å². The van der Waals surface area contributed by atoms with Gasteiger partial charge < -0.3 is 29.7 Å². The number of carbonyl (C=O) groups excluding carboxylic acids is 1. The van der Waals surface area contributed by atoms with Crippen LogP contribution in [0.1, 0.15) is 54.9 Å². The summed E-state index contributed by atoms with van der Waals surface area (Å²) in [5.74, 6) is 1.29. The van der Waals surface area contributed by atoms with Crippen molar-refractivity contribution in [2.75, 3.05) is 19.8 Å². The van der Waals surface area contributed by atoms with Crippen molar-refractivity contribution in [3.8, 4) is 11.5 Å². The number of halogens is 1. The molecule has 2 fully saturated rings. The number of epoxide rings is 1. The van der Waals surface area contributed by atoms with Gasteiger partial charge in [0.15, 0.2) is 17.8 Å². The predicted molar refractivity (Wildman–Crippen MR) is 133 cm³/mol. The number of amides is 1. The average Bonchev–Trinajstić information content (AvgIpc) is 3.61. The quantitative estimate of drug-likeness (QED) is 0.399. The van der Waals surface area contributed by atoms with E-state index in [4.69, 9.17) is 30.9 Å². The molecule has 35 heavy (non-hydrogen) atoms. The van der Waals surface area contributed by atoms with Gasteiger partial charge in [-0.15, -0.1) is 0 Å². The Balaban J connectivity index is 1.47. The van der Waals surface area contributed by atoms with E-state index < -0.39 is 11.8 Å². The van der Waals surface area contributed by atoms with E-state index in [-0.39, 0.29) is 25.2 Å². The molecule has 1 saturated heterocycles. The van der Waals surface area contributed by atoms with Gasteiger partial charge in [-0.25, -0.2) is 0 Å². The summed E-state index contributed by atoms with van der Waals surface area (Å²) >= 11 is 6.07. The second kappa shape index (κ2) is 11.6. The summed E-state index contributed by atoms with van der Waals surface area (Å²) in [6.45, 7) is 2.54. The van der Waals surface area contributed by atoms with Gasteiger partial charge in [0, 0.05) is 17.0 Å². The van der Waals surface area contributed by atoms with Crippen molar-refractivity contribution in [1.82, 2.24) is 5.32 Å². The lowest BCUT2D eigenvalue weighted by Gasteiger charge is -2.39. The second-order valence-corrected chi connectivity index (χ2v) is 9.81. The Morgan fingerprint density at radius 3 is 2.54 bits per heavy atom. The third-order valence-corrected chi connectivity index (χ3v) is 7.28. The molecule has 3 N–H and O–H groups in total. The molecule has 0 spiro atoms. The normalized spacial score (nSPS) is 25.7. The predicted octanol–water partition coefficient (Wildman–Crippen LogP) is 4.12. The number of ether oxygens (including phenoxy) is 3. The summed E-state index contributed by atoms with van der Waals surface area (Å²) in [6.07, 6.45) is 4.10. The Bertz CT molecular complexity index is 1010. The molecular weight excluding hydrogens is 470 g/mol. The van der Waals surface area contributed by atoms with Gasteiger partial charge in [-0.2, -0.15) is 0 Å². The third-order valence-electron chi connectivity index (χ3n) is 7.04. The number of carbonyl (C=O) groups is 1. The lowest BCUT2D eigenvalue weighted by molar-refractivity contribution is 0.0798. The molecule has 0 bridgehead atoms. The Kier molecular flexibility index (Phi) is 8.55. The first-order valence-electron chi connectivity index (χ1n) is 12.3. The fourth-order valence-corrected chi connectivity index (χ4v) is 5.11. The standard InChI is InChI=1S/C27H34ClNO6/c1-2-18-8-11-27(12-9-18,24-26(32)35-24)29-25(31)20-6-7-22(34-15-13-30)23(17-20)33-14-10-19-4-3-5-21(28)16-19/h3-7,16-18,24,26,30,32H,2,8-15H2,1H3,(H,29,31). The smallest absolute Gasteiger partial charge is 0.251 e. The maximum Gasteiger partial charge on any atom is 0.251 e. The summed E-state index contributed by atoms with van der Waals surface area (Å²) in [4.78, 5) is 13.3. The van der Waals surface area contributed by atoms with Gasteiger partial charge >= 0.3 is 0 Å². The van der Waals surface area contributed by atoms with Crippen LogP contribution < -0.4 is 14.8 Å². The molecule has 2 unspecified atom stereocenters. The van der Waals surface area contributed by atoms with E-state index in [1.54, 1.807) is 18.2 Å². The SMILES string of the molecule is CCC1CCC(NC(=O)c2ccc(OCCO)c(OCCc3cccc(Cl)c3)c2)(C2OC2O)CC1. The van der Waals surface area contributed by atoms with Crippen molar-refractivity contribution in [2.45, 2.75) is 63.4 Å². The van der Waals surface area contributed by atoms with Crippen LogP contribution in [0.15, 0.2) is 42.5 Å². The molecule has 8 heteroatoms. The van der Waals surface area contributed by atoms with Crippen molar-refractivity contribution in [1.29, 1.82) is 0 Å². The van der Waals surface area contributed by atoms with E-state index in [0.717, 1.165) is 37.7 Å². The molecule has 2 aromatic carbocycles. The molecule has 4 rings (SSSR count). The molecule has 0 aromatic heterocycles. The van der Waals surface area contributed by atoms with Crippen LogP contribution in [0, 0.1) is 5.92 Å². The molecule has 1 saturated carbocycles. The topological polar surface area (TPSA) is 101 Å². The van der Waals surface area contributed by atoms with E-state index >= 15 is 0 Å². The lowest BCUT2D eigenvalue weighted by atomic mass is 9.73. The van der Waals surface area contributed by atoms with Gasteiger partial charge in [0.2, 0.25) is 0 Å². The monoisotopic (exact) mass is 503 g/mol. The number of aliphatic hydroxyl groups is 2. The Labute approximate surface area is 211 Å². The highest BCUT2D eigenvalue weighted by Gasteiger charge is 2.56. The van der Waals surface area contributed by atoms with E-state index in [1.807, 2.05) is 24.3 Å². The van der Waals surface area contributed by atoms with Crippen LogP contribution in [0.25, 0.3) is 0 Å². The van der Waals surface area contributed by atoms with Crippen LogP contribution in [0.4, 0.5) is 0 Å². The number of hydrogen-bond donors (Lipinski definition) is 3. The number of aliphatic hydroxyl groups excluding tert-OH is 2. The Hall–Kier alpha value is -2.32. The third kappa shape index (κ3) is 6.47. The fourth-order valence-electron chi connectivity index (χ4n) is 4.90. The molecule has 1 aliphatic carbocycles. The van der Waals surface area contributed by atoms with E-state index in [1.165, 1.54) is 0 Å². The number of nitrogens with one attached hydrogen (secondary N) is 1. The molecule has 190 valence electrons. The summed E-state index contributed by atoms with van der Waals surface area (Å²) in [6, 6.07) is 12.6. The molecule has 7 nitrogen and oxygen atoms in total. The minimum absolute atomic E-state index is 0.120. The number of rotatable bonds is 11. The average molecular weight is 504 g/mol. The van der Waals surface area contributed by atoms with Crippen molar-refractivity contribution in [3.05, 3.63) is 58.6 Å². The van der Waals surface area contributed by atoms with Gasteiger partial charge in [-0.05, 0) is 67.5 Å². The zero-order valence-corrected chi connectivity index (χ0v) is 20.8. The molecule has 2 aliphatic rings. The van der Waals surface area contributed by atoms with Gasteiger partial charge in [0.25, 0.3) is 5.91 Å². The molecule has 0 radical (unpaired) electrons. The summed E-state index contributed by atoms with van der Waals surface area (Å²) in [5, 5.41) is 23.0. The summed E-state index contributed by atoms with van der Waals surface area (Å²) in [5.41, 5.74) is 0.907. The Morgan fingerprint density at radius 1 is 1.14 bits per heavy atom. The van der Waals surface area contributed by atoms with Crippen molar-refractivity contribution >= 4 is 17.5 Å². The van der Waals surface area contributed by atoms with Crippen LogP contribution in [0.5, 0.6) is 11.5 Å². The maximum absolute atomic E-state index is 13.3. The maximum atomic E-state index is 13.3. The largest absolute Gasteiger partial charge is 0.489 e. The van der Waals surface area contributed by atoms with Crippen LogP contribution in [-0.2, 0) is 11.2 Å². The van der Waals surface area contributed by atoms with Gasteiger partial charge in [-0.3, -0.25) is 4.79 Å². The summed E-state index contributed by atoms with van der Waals surface area (Å²) in [7, 11) is 0. The first kappa shape index (κ1) is 25.8. The minimum Gasteiger partial charge on any atom is -0.489 e. The number of benzene rings is 2. The van der Waals surface area contributed by atoms with Gasteiger partial charge in [-0.1, -0.05) is 37.1 Å². The van der Waals surface area contributed by atoms with E-state index in [0.29, 0.717) is 41.0 Å². The highest BCUT2D eigenvalue weighted by atomic mass is 35.5. The first-order chi connectivity index (χ1) is 16.9. The first-order valence-corrected chi connectivity index (χ1v) is 12.7. The number of hydrogen-bond acceptors (Lipinski definition) is 6.